The normalized spacial score (nSPS) is 12.1. The number of carbonyl (C=O) groups excluding carboxylic acids is 3. The van der Waals surface area contributed by atoms with E-state index >= 15 is 0 Å². The second-order valence-electron chi connectivity index (χ2n) is 5.62. The number of carbonyl (C=O) groups is 3. The number of likely N-dealkylation sites (N-methyl/N-ethyl adjacent to an activating group) is 1. The van der Waals surface area contributed by atoms with Gasteiger partial charge in [0.25, 0.3) is 0 Å². The lowest BCUT2D eigenvalue weighted by Gasteiger charge is -2.26. The average Bonchev–Trinajstić information content (AvgIpc) is 2.45. The molecule has 0 fully saturated rings. The van der Waals surface area contributed by atoms with Crippen molar-refractivity contribution in [3.05, 3.63) is 0 Å². The predicted octanol–water partition coefficient (Wildman–Crippen LogP) is 0.614. The molecule has 0 aromatic heterocycles. The van der Waals surface area contributed by atoms with E-state index in [2.05, 4.69) is 5.32 Å². The van der Waals surface area contributed by atoms with Crippen LogP contribution in [0.1, 0.15) is 26.2 Å². The number of Topliss-reactive ketones (excluding diaryl/α,β-unsaturated/α-hetero) is 1. The minimum atomic E-state index is -0.716. The molecule has 1 unspecified atom stereocenters. The first-order chi connectivity index (χ1) is 10.3. The molecule has 0 aromatic carbocycles. The van der Waals surface area contributed by atoms with Crippen LogP contribution < -0.4 is 5.32 Å². The van der Waals surface area contributed by atoms with Crippen LogP contribution in [0.2, 0.25) is 0 Å². The Kier molecular flexibility index (Phi) is 10.9. The number of hydrogen-bond acceptors (Lipinski definition) is 5. The zero-order valence-corrected chi connectivity index (χ0v) is 15.2. The van der Waals surface area contributed by atoms with Gasteiger partial charge in [-0.3, -0.25) is 14.4 Å². The maximum Gasteiger partial charge on any atom is 0.243 e. The maximum absolute atomic E-state index is 12.3. The number of nitrogens with one attached hydrogen (secondary N) is 1. The van der Waals surface area contributed by atoms with Crippen molar-refractivity contribution in [3.8, 4) is 0 Å². The van der Waals surface area contributed by atoms with Crippen LogP contribution in [0.25, 0.3) is 0 Å². The molecule has 0 aromatic rings. The standard InChI is InChI=1S/C15H29N3O3S/c1-12(19)11-13(18(4)14(20)7-10-22-5)15(21)16-8-6-9-17(2)3/h13H,6-11H2,1-5H3,(H,16,21). The van der Waals surface area contributed by atoms with E-state index in [0.29, 0.717) is 18.7 Å². The van der Waals surface area contributed by atoms with Gasteiger partial charge in [0.1, 0.15) is 11.8 Å². The molecule has 1 N–H and O–H groups in total. The third-order valence-electron chi connectivity index (χ3n) is 3.25. The van der Waals surface area contributed by atoms with Gasteiger partial charge in [-0.15, -0.1) is 0 Å². The Labute approximate surface area is 138 Å². The van der Waals surface area contributed by atoms with Crippen LogP contribution in [0.15, 0.2) is 0 Å². The lowest BCUT2D eigenvalue weighted by Crippen LogP contribution is -2.49. The number of thioether (sulfide) groups is 1. The molecule has 0 heterocycles. The highest BCUT2D eigenvalue weighted by Gasteiger charge is 2.27. The molecule has 0 aliphatic carbocycles. The highest BCUT2D eigenvalue weighted by atomic mass is 32.2. The number of ketones is 1. The molecule has 22 heavy (non-hydrogen) atoms. The molecule has 0 saturated heterocycles. The van der Waals surface area contributed by atoms with Gasteiger partial charge in [-0.05, 0) is 40.2 Å². The summed E-state index contributed by atoms with van der Waals surface area (Å²) in [4.78, 5) is 39.2. The lowest BCUT2D eigenvalue weighted by molar-refractivity contribution is -0.140. The van der Waals surface area contributed by atoms with Gasteiger partial charge in [-0.25, -0.2) is 0 Å². The van der Waals surface area contributed by atoms with E-state index in [4.69, 9.17) is 0 Å². The third-order valence-corrected chi connectivity index (χ3v) is 3.86. The molecule has 0 aliphatic heterocycles. The van der Waals surface area contributed by atoms with E-state index in [9.17, 15) is 14.4 Å². The Balaban J connectivity index is 4.56. The molecule has 1 atom stereocenters. The van der Waals surface area contributed by atoms with Crippen LogP contribution in [0.4, 0.5) is 0 Å². The van der Waals surface area contributed by atoms with Gasteiger partial charge in [0.05, 0.1) is 0 Å². The summed E-state index contributed by atoms with van der Waals surface area (Å²) < 4.78 is 0. The fourth-order valence-corrected chi connectivity index (χ4v) is 2.32. The van der Waals surface area contributed by atoms with Gasteiger partial charge < -0.3 is 15.1 Å². The number of rotatable bonds is 11. The van der Waals surface area contributed by atoms with Crippen molar-refractivity contribution < 1.29 is 14.4 Å². The highest BCUT2D eigenvalue weighted by molar-refractivity contribution is 7.98. The van der Waals surface area contributed by atoms with Gasteiger partial charge in [0.2, 0.25) is 11.8 Å². The molecule has 128 valence electrons. The molecule has 0 rings (SSSR count). The topological polar surface area (TPSA) is 69.7 Å². The van der Waals surface area contributed by atoms with Crippen molar-refractivity contribution in [1.82, 2.24) is 15.1 Å². The summed E-state index contributed by atoms with van der Waals surface area (Å²) in [5.41, 5.74) is 0. The summed E-state index contributed by atoms with van der Waals surface area (Å²) in [6.45, 7) is 2.85. The van der Waals surface area contributed by atoms with Gasteiger partial charge >= 0.3 is 0 Å². The van der Waals surface area contributed by atoms with Crippen LogP contribution in [-0.4, -0.2) is 79.7 Å². The molecule has 2 amide bonds. The average molecular weight is 331 g/mol. The Bertz CT molecular complexity index is 375. The van der Waals surface area contributed by atoms with Crippen LogP contribution in [0, 0.1) is 0 Å². The molecule has 0 bridgehead atoms. The van der Waals surface area contributed by atoms with Gasteiger partial charge in [0.15, 0.2) is 0 Å². The summed E-state index contributed by atoms with van der Waals surface area (Å²) in [5, 5.41) is 2.82. The number of amides is 2. The smallest absolute Gasteiger partial charge is 0.243 e. The molecule has 0 radical (unpaired) electrons. The Hall–Kier alpha value is -1.08. The molecule has 7 heteroatoms. The summed E-state index contributed by atoms with van der Waals surface area (Å²) in [6.07, 6.45) is 3.19. The van der Waals surface area contributed by atoms with Crippen LogP contribution in [0.5, 0.6) is 0 Å². The zero-order chi connectivity index (χ0) is 17.1. The van der Waals surface area contributed by atoms with E-state index in [0.717, 1.165) is 13.0 Å². The fraction of sp³-hybridized carbons (Fsp3) is 0.800. The fourth-order valence-electron chi connectivity index (χ4n) is 1.94. The van der Waals surface area contributed by atoms with Gasteiger partial charge in [-0.1, -0.05) is 0 Å². The van der Waals surface area contributed by atoms with Crippen LogP contribution in [-0.2, 0) is 14.4 Å². The molecule has 0 saturated carbocycles. The summed E-state index contributed by atoms with van der Waals surface area (Å²) in [5.74, 6) is 0.247. The molecule has 6 nitrogen and oxygen atoms in total. The number of nitrogens with zero attached hydrogens (tertiary/aromatic N) is 2. The monoisotopic (exact) mass is 331 g/mol. The van der Waals surface area contributed by atoms with E-state index in [-0.39, 0.29) is 24.0 Å². The summed E-state index contributed by atoms with van der Waals surface area (Å²) in [7, 11) is 5.53. The van der Waals surface area contributed by atoms with E-state index < -0.39 is 6.04 Å². The lowest BCUT2D eigenvalue weighted by atomic mass is 10.1. The Morgan fingerprint density at radius 2 is 1.82 bits per heavy atom. The SMILES string of the molecule is CSCCC(=O)N(C)C(CC(C)=O)C(=O)NCCCN(C)C. The first-order valence-corrected chi connectivity index (χ1v) is 8.85. The van der Waals surface area contributed by atoms with Gasteiger partial charge in [0, 0.05) is 32.2 Å². The van der Waals surface area contributed by atoms with E-state index in [1.807, 2.05) is 25.3 Å². The molecule has 0 aliphatic rings. The largest absolute Gasteiger partial charge is 0.354 e. The first kappa shape index (κ1) is 20.9. The second kappa shape index (κ2) is 11.5. The van der Waals surface area contributed by atoms with Gasteiger partial charge in [-0.2, -0.15) is 11.8 Å². The second-order valence-corrected chi connectivity index (χ2v) is 6.60. The van der Waals surface area contributed by atoms with Crippen molar-refractivity contribution >= 4 is 29.4 Å². The Morgan fingerprint density at radius 3 is 2.32 bits per heavy atom. The first-order valence-electron chi connectivity index (χ1n) is 7.46. The summed E-state index contributed by atoms with van der Waals surface area (Å²) >= 11 is 1.58. The third kappa shape index (κ3) is 9.04. The zero-order valence-electron chi connectivity index (χ0n) is 14.3. The van der Waals surface area contributed by atoms with Crippen LogP contribution >= 0.6 is 11.8 Å². The maximum atomic E-state index is 12.3. The van der Waals surface area contributed by atoms with Crippen LogP contribution in [0.3, 0.4) is 0 Å². The van der Waals surface area contributed by atoms with Crippen molar-refractivity contribution in [2.45, 2.75) is 32.2 Å². The van der Waals surface area contributed by atoms with Crippen molar-refractivity contribution in [3.63, 3.8) is 0 Å². The van der Waals surface area contributed by atoms with E-state index in [1.165, 1.54) is 11.8 Å². The quantitative estimate of drug-likeness (QED) is 0.562. The molecular formula is C15H29N3O3S. The summed E-state index contributed by atoms with van der Waals surface area (Å²) in [6, 6.07) is -0.716. The Morgan fingerprint density at radius 1 is 1.18 bits per heavy atom. The van der Waals surface area contributed by atoms with Crippen molar-refractivity contribution in [2.75, 3.05) is 46.2 Å². The molecule has 0 spiro atoms. The van der Waals surface area contributed by atoms with E-state index in [1.54, 1.807) is 18.8 Å². The number of hydrogen-bond donors (Lipinski definition) is 1. The molecular weight excluding hydrogens is 302 g/mol. The highest BCUT2D eigenvalue weighted by Crippen LogP contribution is 2.08. The van der Waals surface area contributed by atoms with Crippen molar-refractivity contribution in [2.24, 2.45) is 0 Å². The predicted molar refractivity (Wildman–Crippen MR) is 91.0 cm³/mol. The van der Waals surface area contributed by atoms with Crippen molar-refractivity contribution in [1.29, 1.82) is 0 Å². The minimum Gasteiger partial charge on any atom is -0.354 e. The minimum absolute atomic E-state index is 0.0566.